The number of carbonyl (C=O) groups excluding carboxylic acids is 3. The first-order valence-corrected chi connectivity index (χ1v) is 14.6. The van der Waals surface area contributed by atoms with Crippen molar-refractivity contribution in [2.24, 2.45) is 23.5 Å². The Bertz CT molecular complexity index is 1280. The van der Waals surface area contributed by atoms with Crippen LogP contribution in [-0.4, -0.2) is 47.3 Å². The van der Waals surface area contributed by atoms with Crippen molar-refractivity contribution in [2.75, 3.05) is 16.8 Å². The Morgan fingerprint density at radius 1 is 1.05 bits per heavy atom. The van der Waals surface area contributed by atoms with E-state index in [1.807, 2.05) is 19.1 Å². The summed E-state index contributed by atoms with van der Waals surface area (Å²) < 4.78 is 0. The summed E-state index contributed by atoms with van der Waals surface area (Å²) in [5.74, 6) is 1.82. The van der Waals surface area contributed by atoms with E-state index in [4.69, 9.17) is 5.73 Å². The van der Waals surface area contributed by atoms with E-state index in [0.717, 1.165) is 56.5 Å². The largest absolute Gasteiger partial charge is 0.382 e. The molecule has 4 unspecified atom stereocenters. The third-order valence-electron chi connectivity index (χ3n) is 9.23. The molecule has 206 valence electrons. The molecule has 8 nitrogen and oxygen atoms in total. The van der Waals surface area contributed by atoms with Crippen LogP contribution < -0.4 is 21.3 Å². The lowest BCUT2D eigenvalue weighted by atomic mass is 9.92. The van der Waals surface area contributed by atoms with E-state index in [1.54, 1.807) is 18.3 Å². The summed E-state index contributed by atoms with van der Waals surface area (Å²) in [5.41, 5.74) is 8.77. The Morgan fingerprint density at radius 3 is 2.51 bits per heavy atom. The Labute approximate surface area is 230 Å². The number of nitrogens with one attached hydrogen (secondary N) is 2. The van der Waals surface area contributed by atoms with E-state index in [9.17, 15) is 14.4 Å². The van der Waals surface area contributed by atoms with E-state index in [0.29, 0.717) is 40.3 Å². The summed E-state index contributed by atoms with van der Waals surface area (Å²) in [7, 11) is 0. The number of anilines is 2. The van der Waals surface area contributed by atoms with Crippen molar-refractivity contribution in [1.29, 1.82) is 0 Å². The maximum Gasteiger partial charge on any atom is 0.251 e. The van der Waals surface area contributed by atoms with Gasteiger partial charge in [0.05, 0.1) is 5.56 Å². The van der Waals surface area contributed by atoms with Crippen LogP contribution >= 0.6 is 0 Å². The molecule has 3 saturated carbocycles. The monoisotopic (exact) mass is 529 g/mol. The van der Waals surface area contributed by atoms with Crippen molar-refractivity contribution in [3.05, 3.63) is 52.7 Å². The van der Waals surface area contributed by atoms with Gasteiger partial charge < -0.3 is 21.3 Å². The normalized spacial score (nSPS) is 25.1. The number of primary amides is 1. The summed E-state index contributed by atoms with van der Waals surface area (Å²) in [6.07, 6.45) is 10.1. The van der Waals surface area contributed by atoms with Crippen LogP contribution in [0.3, 0.4) is 0 Å². The van der Waals surface area contributed by atoms with Gasteiger partial charge in [0.25, 0.3) is 11.8 Å². The number of nitrogens with zero attached hydrogens (tertiary/aromatic N) is 2. The molecule has 4 atom stereocenters. The van der Waals surface area contributed by atoms with Gasteiger partial charge in [-0.05, 0) is 107 Å². The maximum atomic E-state index is 13.5. The van der Waals surface area contributed by atoms with Crippen LogP contribution in [0.15, 0.2) is 30.5 Å². The number of hydrogen-bond acceptors (Lipinski definition) is 6. The van der Waals surface area contributed by atoms with Gasteiger partial charge in [-0.2, -0.15) is 0 Å². The fourth-order valence-corrected chi connectivity index (χ4v) is 6.67. The van der Waals surface area contributed by atoms with E-state index < -0.39 is 5.91 Å². The Balaban J connectivity index is 1.15. The molecule has 4 N–H and O–H groups in total. The van der Waals surface area contributed by atoms with Gasteiger partial charge >= 0.3 is 0 Å². The van der Waals surface area contributed by atoms with Crippen LogP contribution in [0.1, 0.15) is 94.9 Å². The molecule has 2 amide bonds. The van der Waals surface area contributed by atoms with Gasteiger partial charge in [0, 0.05) is 53.6 Å². The van der Waals surface area contributed by atoms with Gasteiger partial charge in [-0.1, -0.05) is 0 Å². The zero-order valence-corrected chi connectivity index (χ0v) is 22.9. The first-order chi connectivity index (χ1) is 18.8. The topological polar surface area (TPSA) is 117 Å². The lowest BCUT2D eigenvalue weighted by Gasteiger charge is -2.38. The van der Waals surface area contributed by atoms with Crippen molar-refractivity contribution in [1.82, 2.24) is 10.3 Å². The maximum absolute atomic E-state index is 13.5. The second-order valence-electron chi connectivity index (χ2n) is 12.2. The van der Waals surface area contributed by atoms with E-state index in [2.05, 4.69) is 27.4 Å². The minimum atomic E-state index is -0.492. The SMILES string of the molecule is Cc1cc(C(N)=O)c(NC(C)C2CC2)cc1C(=O)NC1CC2CCCN(c3ccc(C(=O)C4CC4)cn3)C2C1. The number of aromatic nitrogens is 1. The highest BCUT2D eigenvalue weighted by atomic mass is 16.2. The third-order valence-corrected chi connectivity index (χ3v) is 9.23. The zero-order chi connectivity index (χ0) is 27.3. The van der Waals surface area contributed by atoms with Crippen molar-refractivity contribution in [3.63, 3.8) is 0 Å². The van der Waals surface area contributed by atoms with Crippen LogP contribution in [0.5, 0.6) is 0 Å². The summed E-state index contributed by atoms with van der Waals surface area (Å²) in [6.45, 7) is 4.91. The molecule has 0 bridgehead atoms. The Morgan fingerprint density at radius 2 is 1.85 bits per heavy atom. The van der Waals surface area contributed by atoms with Gasteiger partial charge in [0.15, 0.2) is 5.78 Å². The first kappa shape index (κ1) is 25.8. The van der Waals surface area contributed by atoms with Crippen molar-refractivity contribution in [3.8, 4) is 0 Å². The predicted octanol–water partition coefficient (Wildman–Crippen LogP) is 4.47. The number of benzene rings is 1. The number of carbonyl (C=O) groups is 3. The minimum absolute atomic E-state index is 0.0702. The second-order valence-corrected chi connectivity index (χ2v) is 12.2. The number of nitrogens with two attached hydrogens (primary N) is 1. The molecule has 1 aromatic carbocycles. The molecule has 1 aliphatic heterocycles. The zero-order valence-electron chi connectivity index (χ0n) is 22.9. The van der Waals surface area contributed by atoms with Crippen LogP contribution in [0.25, 0.3) is 0 Å². The number of Topliss-reactive ketones (excluding diaryl/α,β-unsaturated/α-hetero) is 1. The molecular formula is C31H39N5O3. The van der Waals surface area contributed by atoms with Crippen LogP contribution in [-0.2, 0) is 0 Å². The molecule has 8 heteroatoms. The average Bonchev–Trinajstić information content (AvgIpc) is 3.85. The fourth-order valence-electron chi connectivity index (χ4n) is 6.67. The molecule has 0 radical (unpaired) electrons. The molecule has 2 aromatic rings. The van der Waals surface area contributed by atoms with Crippen molar-refractivity contribution < 1.29 is 14.4 Å². The number of piperidine rings is 1. The predicted molar refractivity (Wildman–Crippen MR) is 151 cm³/mol. The van der Waals surface area contributed by atoms with E-state index in [1.165, 1.54) is 12.8 Å². The van der Waals surface area contributed by atoms with Gasteiger partial charge in [-0.25, -0.2) is 4.98 Å². The molecule has 1 saturated heterocycles. The molecule has 4 fully saturated rings. The van der Waals surface area contributed by atoms with Crippen molar-refractivity contribution in [2.45, 2.75) is 83.3 Å². The minimum Gasteiger partial charge on any atom is -0.382 e. The van der Waals surface area contributed by atoms with Gasteiger partial charge in [-0.3, -0.25) is 14.4 Å². The molecule has 4 aliphatic rings. The highest BCUT2D eigenvalue weighted by Crippen LogP contribution is 2.40. The third kappa shape index (κ3) is 5.38. The highest BCUT2D eigenvalue weighted by Gasteiger charge is 2.41. The summed E-state index contributed by atoms with van der Waals surface area (Å²) in [5, 5.41) is 6.74. The molecular weight excluding hydrogens is 490 g/mol. The molecule has 2 heterocycles. The lowest BCUT2D eigenvalue weighted by molar-refractivity contribution is 0.0933. The second kappa shape index (κ2) is 10.3. The number of amides is 2. The van der Waals surface area contributed by atoms with E-state index in [-0.39, 0.29) is 29.7 Å². The highest BCUT2D eigenvalue weighted by molar-refractivity contribution is 6.03. The van der Waals surface area contributed by atoms with E-state index >= 15 is 0 Å². The number of hydrogen-bond donors (Lipinski definition) is 3. The smallest absolute Gasteiger partial charge is 0.251 e. The molecule has 39 heavy (non-hydrogen) atoms. The summed E-state index contributed by atoms with van der Waals surface area (Å²) in [6, 6.07) is 8.06. The van der Waals surface area contributed by atoms with Gasteiger partial charge in [-0.15, -0.1) is 0 Å². The standard InChI is InChI=1S/C31H39N5O3/c1-17-12-25(30(32)38)26(34-18(2)19-5-6-19)15-24(17)31(39)35-23-13-21-4-3-11-36(27(21)14-23)28-10-9-22(16-33-28)29(37)20-7-8-20/h9-10,12,15-16,18-21,23,27,34H,3-8,11,13-14H2,1-2H3,(H2,32,38)(H,35,39). The van der Waals surface area contributed by atoms with Crippen LogP contribution in [0.2, 0.25) is 0 Å². The summed E-state index contributed by atoms with van der Waals surface area (Å²) >= 11 is 0. The number of pyridine rings is 1. The molecule has 6 rings (SSSR count). The Kier molecular flexibility index (Phi) is 6.81. The molecule has 3 aliphatic carbocycles. The first-order valence-electron chi connectivity index (χ1n) is 14.6. The lowest BCUT2D eigenvalue weighted by Crippen LogP contribution is -2.43. The molecule has 0 spiro atoms. The van der Waals surface area contributed by atoms with Crippen LogP contribution in [0, 0.1) is 24.7 Å². The quantitative estimate of drug-likeness (QED) is 0.413. The van der Waals surface area contributed by atoms with Gasteiger partial charge in [0.2, 0.25) is 0 Å². The number of rotatable bonds is 9. The van der Waals surface area contributed by atoms with Crippen molar-refractivity contribution >= 4 is 29.1 Å². The number of aryl methyl sites for hydroxylation is 1. The average molecular weight is 530 g/mol. The summed E-state index contributed by atoms with van der Waals surface area (Å²) in [4.78, 5) is 45.1. The number of ketones is 1. The number of fused-ring (bicyclic) bond motifs is 1. The van der Waals surface area contributed by atoms with Gasteiger partial charge in [0.1, 0.15) is 5.82 Å². The Hall–Kier alpha value is -3.42. The fraction of sp³-hybridized carbons (Fsp3) is 0.548. The van der Waals surface area contributed by atoms with Crippen LogP contribution in [0.4, 0.5) is 11.5 Å². The molecule has 1 aromatic heterocycles.